The van der Waals surface area contributed by atoms with Crippen LogP contribution < -0.4 is 5.32 Å². The van der Waals surface area contributed by atoms with Gasteiger partial charge in [-0.05, 0) is 31.5 Å². The molecule has 0 radical (unpaired) electrons. The summed E-state index contributed by atoms with van der Waals surface area (Å²) in [5.74, 6) is -0.00188. The molecular formula is C13H19N3O. The van der Waals surface area contributed by atoms with Gasteiger partial charge in [-0.15, -0.1) is 0 Å². The zero-order chi connectivity index (χ0) is 12.1. The first kappa shape index (κ1) is 12.0. The Bertz CT molecular complexity index is 360. The third-order valence-electron chi connectivity index (χ3n) is 3.14. The van der Waals surface area contributed by atoms with Crippen LogP contribution in [0.2, 0.25) is 0 Å². The third kappa shape index (κ3) is 3.27. The number of carbonyl (C=O) groups is 1. The molecule has 92 valence electrons. The molecule has 1 amide bonds. The fourth-order valence-corrected chi connectivity index (χ4v) is 2.18. The second-order valence-electron chi connectivity index (χ2n) is 4.55. The predicted molar refractivity (Wildman–Crippen MR) is 66.8 cm³/mol. The van der Waals surface area contributed by atoms with Crippen LogP contribution in [0, 0.1) is 0 Å². The minimum atomic E-state index is -0.00188. The average molecular weight is 233 g/mol. The standard InChI is InChI=1S/C13H19N3O/c1-16(10-11-6-2-4-8-14-11)13(17)12-7-3-5-9-15-12/h3,5,7,9,11,14H,2,4,6,8,10H2,1H3. The Morgan fingerprint density at radius 1 is 1.53 bits per heavy atom. The van der Waals surface area contributed by atoms with Crippen molar-refractivity contribution in [2.75, 3.05) is 20.1 Å². The molecular weight excluding hydrogens is 214 g/mol. The van der Waals surface area contributed by atoms with Crippen molar-refractivity contribution in [3.63, 3.8) is 0 Å². The highest BCUT2D eigenvalue weighted by Crippen LogP contribution is 2.09. The van der Waals surface area contributed by atoms with Gasteiger partial charge >= 0.3 is 0 Å². The molecule has 1 unspecified atom stereocenters. The molecule has 0 saturated carbocycles. The molecule has 1 saturated heterocycles. The monoisotopic (exact) mass is 233 g/mol. The number of rotatable bonds is 3. The molecule has 0 spiro atoms. The van der Waals surface area contributed by atoms with Gasteiger partial charge in [0, 0.05) is 25.8 Å². The SMILES string of the molecule is CN(CC1CCCCN1)C(=O)c1ccccn1. The van der Waals surface area contributed by atoms with E-state index in [1.54, 1.807) is 17.2 Å². The minimum Gasteiger partial charge on any atom is -0.339 e. The van der Waals surface area contributed by atoms with Crippen LogP contribution in [0.25, 0.3) is 0 Å². The number of nitrogens with zero attached hydrogens (tertiary/aromatic N) is 2. The van der Waals surface area contributed by atoms with E-state index in [-0.39, 0.29) is 5.91 Å². The lowest BCUT2D eigenvalue weighted by molar-refractivity contribution is 0.0769. The average Bonchev–Trinajstić information content (AvgIpc) is 2.40. The molecule has 1 aromatic rings. The van der Waals surface area contributed by atoms with E-state index in [0.29, 0.717) is 11.7 Å². The zero-order valence-corrected chi connectivity index (χ0v) is 10.2. The van der Waals surface area contributed by atoms with Crippen molar-refractivity contribution in [2.24, 2.45) is 0 Å². The van der Waals surface area contributed by atoms with Crippen LogP contribution in [0.4, 0.5) is 0 Å². The normalized spacial score (nSPS) is 19.9. The van der Waals surface area contributed by atoms with Crippen LogP contribution in [-0.2, 0) is 0 Å². The molecule has 1 fully saturated rings. The topological polar surface area (TPSA) is 45.2 Å². The summed E-state index contributed by atoms with van der Waals surface area (Å²) < 4.78 is 0. The second kappa shape index (κ2) is 5.77. The van der Waals surface area contributed by atoms with Gasteiger partial charge in [0.05, 0.1) is 0 Å². The first-order chi connectivity index (χ1) is 8.27. The largest absolute Gasteiger partial charge is 0.339 e. The maximum absolute atomic E-state index is 12.1. The second-order valence-corrected chi connectivity index (χ2v) is 4.55. The third-order valence-corrected chi connectivity index (χ3v) is 3.14. The van der Waals surface area contributed by atoms with Crippen LogP contribution >= 0.6 is 0 Å². The maximum Gasteiger partial charge on any atom is 0.272 e. The molecule has 4 nitrogen and oxygen atoms in total. The number of pyridine rings is 1. The number of nitrogens with one attached hydrogen (secondary N) is 1. The maximum atomic E-state index is 12.1. The summed E-state index contributed by atoms with van der Waals surface area (Å²) in [6.45, 7) is 1.83. The first-order valence-electron chi connectivity index (χ1n) is 6.17. The van der Waals surface area contributed by atoms with Crippen LogP contribution in [0.3, 0.4) is 0 Å². The summed E-state index contributed by atoms with van der Waals surface area (Å²) >= 11 is 0. The van der Waals surface area contributed by atoms with Crippen molar-refractivity contribution in [3.8, 4) is 0 Å². The Balaban J connectivity index is 1.91. The van der Waals surface area contributed by atoms with E-state index in [0.717, 1.165) is 19.5 Å². The lowest BCUT2D eigenvalue weighted by atomic mass is 10.0. The number of hydrogen-bond donors (Lipinski definition) is 1. The Hall–Kier alpha value is -1.42. The van der Waals surface area contributed by atoms with Crippen molar-refractivity contribution in [1.82, 2.24) is 15.2 Å². The van der Waals surface area contributed by atoms with Crippen molar-refractivity contribution in [3.05, 3.63) is 30.1 Å². The molecule has 0 bridgehead atoms. The Kier molecular flexibility index (Phi) is 4.09. The lowest BCUT2D eigenvalue weighted by Gasteiger charge is -2.28. The van der Waals surface area contributed by atoms with Gasteiger partial charge in [-0.25, -0.2) is 0 Å². The van der Waals surface area contributed by atoms with E-state index < -0.39 is 0 Å². The number of likely N-dealkylation sites (N-methyl/N-ethyl adjacent to an activating group) is 1. The van der Waals surface area contributed by atoms with Gasteiger partial charge in [0.25, 0.3) is 5.91 Å². The van der Waals surface area contributed by atoms with Gasteiger partial charge in [-0.1, -0.05) is 12.5 Å². The van der Waals surface area contributed by atoms with Gasteiger partial charge in [0.2, 0.25) is 0 Å². The molecule has 1 aliphatic rings. The quantitative estimate of drug-likeness (QED) is 0.855. The van der Waals surface area contributed by atoms with Gasteiger partial charge < -0.3 is 10.2 Å². The predicted octanol–water partition coefficient (Wildman–Crippen LogP) is 1.30. The molecule has 1 aliphatic heterocycles. The molecule has 17 heavy (non-hydrogen) atoms. The van der Waals surface area contributed by atoms with Crippen LogP contribution in [0.5, 0.6) is 0 Å². The summed E-state index contributed by atoms with van der Waals surface area (Å²) in [5, 5.41) is 3.44. The van der Waals surface area contributed by atoms with Crippen molar-refractivity contribution >= 4 is 5.91 Å². The zero-order valence-electron chi connectivity index (χ0n) is 10.2. The van der Waals surface area contributed by atoms with Crippen molar-refractivity contribution < 1.29 is 4.79 Å². The van der Waals surface area contributed by atoms with Gasteiger partial charge in [0.15, 0.2) is 0 Å². The summed E-state index contributed by atoms with van der Waals surface area (Å²) in [6.07, 6.45) is 5.30. The van der Waals surface area contributed by atoms with E-state index in [1.165, 1.54) is 12.8 Å². The number of piperidine rings is 1. The van der Waals surface area contributed by atoms with Crippen LogP contribution in [0.15, 0.2) is 24.4 Å². The van der Waals surface area contributed by atoms with Gasteiger partial charge in [-0.2, -0.15) is 0 Å². The molecule has 1 aromatic heterocycles. The van der Waals surface area contributed by atoms with Crippen molar-refractivity contribution in [1.29, 1.82) is 0 Å². The molecule has 2 heterocycles. The highest BCUT2D eigenvalue weighted by Gasteiger charge is 2.18. The smallest absolute Gasteiger partial charge is 0.272 e. The molecule has 1 atom stereocenters. The van der Waals surface area contributed by atoms with Crippen LogP contribution in [-0.4, -0.2) is 42.0 Å². The number of amides is 1. The Labute approximate surface area is 102 Å². The fraction of sp³-hybridized carbons (Fsp3) is 0.538. The summed E-state index contributed by atoms with van der Waals surface area (Å²) in [4.78, 5) is 17.9. The summed E-state index contributed by atoms with van der Waals surface area (Å²) in [7, 11) is 1.84. The lowest BCUT2D eigenvalue weighted by Crippen LogP contribution is -2.44. The molecule has 0 aromatic carbocycles. The Morgan fingerprint density at radius 2 is 2.41 bits per heavy atom. The van der Waals surface area contributed by atoms with E-state index in [1.807, 2.05) is 19.2 Å². The van der Waals surface area contributed by atoms with Gasteiger partial charge in [0.1, 0.15) is 5.69 Å². The van der Waals surface area contributed by atoms with E-state index in [4.69, 9.17) is 0 Å². The highest BCUT2D eigenvalue weighted by atomic mass is 16.2. The van der Waals surface area contributed by atoms with Gasteiger partial charge in [-0.3, -0.25) is 9.78 Å². The summed E-state index contributed by atoms with van der Waals surface area (Å²) in [5.41, 5.74) is 0.519. The number of aromatic nitrogens is 1. The molecule has 0 aliphatic carbocycles. The number of carbonyl (C=O) groups excluding carboxylic acids is 1. The van der Waals surface area contributed by atoms with Crippen molar-refractivity contribution in [2.45, 2.75) is 25.3 Å². The number of hydrogen-bond acceptors (Lipinski definition) is 3. The minimum absolute atomic E-state index is 0.00188. The summed E-state index contributed by atoms with van der Waals surface area (Å²) in [6, 6.07) is 5.85. The van der Waals surface area contributed by atoms with Crippen LogP contribution in [0.1, 0.15) is 29.8 Å². The molecule has 1 N–H and O–H groups in total. The molecule has 4 heteroatoms. The van der Waals surface area contributed by atoms with E-state index >= 15 is 0 Å². The van der Waals surface area contributed by atoms with E-state index in [9.17, 15) is 4.79 Å². The highest BCUT2D eigenvalue weighted by molar-refractivity contribution is 5.92. The first-order valence-corrected chi connectivity index (χ1v) is 6.17. The fourth-order valence-electron chi connectivity index (χ4n) is 2.18. The molecule has 2 rings (SSSR count). The Morgan fingerprint density at radius 3 is 3.06 bits per heavy atom. The van der Waals surface area contributed by atoms with E-state index in [2.05, 4.69) is 10.3 Å².